The first-order valence-electron chi connectivity index (χ1n) is 7.17. The molecule has 0 bridgehead atoms. The van der Waals surface area contributed by atoms with Crippen molar-refractivity contribution in [3.05, 3.63) is 41.1 Å². The summed E-state index contributed by atoms with van der Waals surface area (Å²) in [5, 5.41) is 7.35. The zero-order valence-corrected chi connectivity index (χ0v) is 12.3. The zero-order chi connectivity index (χ0) is 14.8. The molecule has 1 aromatic heterocycles. The number of ether oxygens (including phenoxy) is 1. The van der Waals surface area contributed by atoms with Crippen molar-refractivity contribution in [2.75, 3.05) is 11.9 Å². The molecule has 0 unspecified atom stereocenters. The summed E-state index contributed by atoms with van der Waals surface area (Å²) in [4.78, 5) is 12.0. The van der Waals surface area contributed by atoms with Crippen LogP contribution in [-0.2, 0) is 24.7 Å². The van der Waals surface area contributed by atoms with Gasteiger partial charge < -0.3 is 10.1 Å². The molecule has 1 aliphatic carbocycles. The average molecular weight is 285 g/mol. The number of carbonyl (C=O) groups excluding carboxylic acids is 1. The van der Waals surface area contributed by atoms with Gasteiger partial charge in [-0.25, -0.2) is 0 Å². The minimum absolute atomic E-state index is 0.00338. The number of fused-ring (bicyclic) bond motifs is 1. The molecule has 1 aromatic carbocycles. The third-order valence-electron chi connectivity index (χ3n) is 3.69. The molecule has 5 nitrogen and oxygen atoms in total. The molecule has 1 N–H and O–H groups in total. The van der Waals surface area contributed by atoms with Crippen molar-refractivity contribution in [1.82, 2.24) is 9.78 Å². The highest BCUT2D eigenvalue weighted by Crippen LogP contribution is 2.27. The highest BCUT2D eigenvalue weighted by molar-refractivity contribution is 5.92. The van der Waals surface area contributed by atoms with E-state index < -0.39 is 0 Å². The Morgan fingerprint density at radius 3 is 3.10 bits per heavy atom. The van der Waals surface area contributed by atoms with Gasteiger partial charge in [0.2, 0.25) is 0 Å². The van der Waals surface area contributed by atoms with Crippen molar-refractivity contribution in [2.24, 2.45) is 7.05 Å². The van der Waals surface area contributed by atoms with Gasteiger partial charge in [0, 0.05) is 12.6 Å². The van der Waals surface area contributed by atoms with E-state index >= 15 is 0 Å². The largest absolute Gasteiger partial charge is 0.484 e. The van der Waals surface area contributed by atoms with Gasteiger partial charge in [-0.15, -0.1) is 0 Å². The van der Waals surface area contributed by atoms with Crippen LogP contribution in [0.1, 0.15) is 23.2 Å². The van der Waals surface area contributed by atoms with Gasteiger partial charge in [-0.1, -0.05) is 12.1 Å². The van der Waals surface area contributed by atoms with E-state index in [9.17, 15) is 4.79 Å². The lowest BCUT2D eigenvalue weighted by molar-refractivity contribution is -0.118. The maximum atomic E-state index is 12.0. The van der Waals surface area contributed by atoms with E-state index in [4.69, 9.17) is 4.74 Å². The third kappa shape index (κ3) is 2.91. The lowest BCUT2D eigenvalue weighted by atomic mass is 10.2. The predicted molar refractivity (Wildman–Crippen MR) is 80.5 cm³/mol. The highest BCUT2D eigenvalue weighted by atomic mass is 16.5. The standard InChI is InChI=1S/C16H19N3O2/c1-11-5-3-6-12(9-11)21-10-15(20)17-16-13-7-4-8-14(13)18-19(16)2/h3,5-6,9H,4,7-8,10H2,1-2H3,(H,17,20). The number of carbonyl (C=O) groups is 1. The number of hydrogen-bond acceptors (Lipinski definition) is 3. The Labute approximate surface area is 123 Å². The van der Waals surface area contributed by atoms with E-state index in [1.807, 2.05) is 38.2 Å². The molecule has 110 valence electrons. The minimum Gasteiger partial charge on any atom is -0.484 e. The van der Waals surface area contributed by atoms with Crippen molar-refractivity contribution in [3.63, 3.8) is 0 Å². The Bertz CT molecular complexity index is 676. The molecular weight excluding hydrogens is 266 g/mol. The molecule has 0 fully saturated rings. The molecule has 1 aliphatic rings. The van der Waals surface area contributed by atoms with Gasteiger partial charge in [0.15, 0.2) is 6.61 Å². The van der Waals surface area contributed by atoms with Crippen LogP contribution in [0.4, 0.5) is 5.82 Å². The molecule has 0 aliphatic heterocycles. The number of aromatic nitrogens is 2. The molecule has 0 saturated carbocycles. The summed E-state index contributed by atoms with van der Waals surface area (Å²) in [6.07, 6.45) is 3.09. The summed E-state index contributed by atoms with van der Waals surface area (Å²) in [5.74, 6) is 1.36. The number of hydrogen-bond donors (Lipinski definition) is 1. The van der Waals surface area contributed by atoms with Crippen LogP contribution < -0.4 is 10.1 Å². The molecule has 2 aromatic rings. The van der Waals surface area contributed by atoms with Gasteiger partial charge in [-0.2, -0.15) is 5.10 Å². The Kier molecular flexibility index (Phi) is 3.64. The van der Waals surface area contributed by atoms with Crippen LogP contribution in [0.2, 0.25) is 0 Å². The van der Waals surface area contributed by atoms with Crippen LogP contribution in [0.25, 0.3) is 0 Å². The van der Waals surface area contributed by atoms with E-state index in [0.29, 0.717) is 5.75 Å². The number of nitrogens with zero attached hydrogens (tertiary/aromatic N) is 2. The fourth-order valence-corrected chi connectivity index (χ4v) is 2.70. The molecule has 1 heterocycles. The van der Waals surface area contributed by atoms with E-state index in [-0.39, 0.29) is 12.5 Å². The zero-order valence-electron chi connectivity index (χ0n) is 12.3. The van der Waals surface area contributed by atoms with E-state index in [0.717, 1.165) is 36.3 Å². The van der Waals surface area contributed by atoms with Gasteiger partial charge in [0.1, 0.15) is 11.6 Å². The molecule has 0 atom stereocenters. The topological polar surface area (TPSA) is 56.1 Å². The second-order valence-corrected chi connectivity index (χ2v) is 5.40. The number of benzene rings is 1. The molecular formula is C16H19N3O2. The first kappa shape index (κ1) is 13.7. The lowest BCUT2D eigenvalue weighted by Crippen LogP contribution is -2.22. The Hall–Kier alpha value is -2.30. The maximum absolute atomic E-state index is 12.0. The summed E-state index contributed by atoms with van der Waals surface area (Å²) >= 11 is 0. The van der Waals surface area contributed by atoms with Crippen molar-refractivity contribution in [3.8, 4) is 5.75 Å². The van der Waals surface area contributed by atoms with Crippen LogP contribution in [0.3, 0.4) is 0 Å². The number of anilines is 1. The lowest BCUT2D eigenvalue weighted by Gasteiger charge is -2.09. The highest BCUT2D eigenvalue weighted by Gasteiger charge is 2.22. The fraction of sp³-hybridized carbons (Fsp3) is 0.375. The number of amides is 1. The fourth-order valence-electron chi connectivity index (χ4n) is 2.70. The van der Waals surface area contributed by atoms with E-state index in [2.05, 4.69) is 10.4 Å². The predicted octanol–water partition coefficient (Wildman–Crippen LogP) is 2.23. The van der Waals surface area contributed by atoms with E-state index in [1.165, 1.54) is 5.56 Å². The van der Waals surface area contributed by atoms with Gasteiger partial charge in [-0.3, -0.25) is 9.48 Å². The second-order valence-electron chi connectivity index (χ2n) is 5.40. The molecule has 3 rings (SSSR count). The quantitative estimate of drug-likeness (QED) is 0.937. The molecule has 5 heteroatoms. The summed E-state index contributed by atoms with van der Waals surface area (Å²) in [6.45, 7) is 2.00. The van der Waals surface area contributed by atoms with Crippen molar-refractivity contribution < 1.29 is 9.53 Å². The van der Waals surface area contributed by atoms with Crippen molar-refractivity contribution in [2.45, 2.75) is 26.2 Å². The smallest absolute Gasteiger partial charge is 0.263 e. The maximum Gasteiger partial charge on any atom is 0.263 e. The van der Waals surface area contributed by atoms with Gasteiger partial charge in [0.05, 0.1) is 5.69 Å². The number of nitrogens with one attached hydrogen (secondary N) is 1. The van der Waals surface area contributed by atoms with Crippen molar-refractivity contribution >= 4 is 11.7 Å². The van der Waals surface area contributed by atoms with Crippen LogP contribution in [0.15, 0.2) is 24.3 Å². The third-order valence-corrected chi connectivity index (χ3v) is 3.69. The van der Waals surface area contributed by atoms with Crippen LogP contribution >= 0.6 is 0 Å². The molecule has 0 radical (unpaired) electrons. The molecule has 0 saturated heterocycles. The molecule has 0 spiro atoms. The second kappa shape index (κ2) is 5.60. The van der Waals surface area contributed by atoms with Gasteiger partial charge in [0.25, 0.3) is 5.91 Å². The summed E-state index contributed by atoms with van der Waals surface area (Å²) < 4.78 is 7.26. The first-order chi connectivity index (χ1) is 10.1. The van der Waals surface area contributed by atoms with Gasteiger partial charge >= 0.3 is 0 Å². The van der Waals surface area contributed by atoms with Crippen LogP contribution in [-0.4, -0.2) is 22.3 Å². The normalized spacial score (nSPS) is 13.0. The summed E-state index contributed by atoms with van der Waals surface area (Å²) in [6, 6.07) is 7.67. The summed E-state index contributed by atoms with van der Waals surface area (Å²) in [7, 11) is 1.86. The monoisotopic (exact) mass is 285 g/mol. The SMILES string of the molecule is Cc1cccc(OCC(=O)Nc2c3c(nn2C)CCC3)c1. The minimum atomic E-state index is -0.158. The van der Waals surface area contributed by atoms with Crippen LogP contribution in [0, 0.1) is 6.92 Å². The summed E-state index contributed by atoms with van der Waals surface area (Å²) in [5.41, 5.74) is 3.38. The molecule has 21 heavy (non-hydrogen) atoms. The first-order valence-corrected chi connectivity index (χ1v) is 7.17. The van der Waals surface area contributed by atoms with E-state index in [1.54, 1.807) is 4.68 Å². The number of rotatable bonds is 4. The Morgan fingerprint density at radius 1 is 1.43 bits per heavy atom. The van der Waals surface area contributed by atoms with Crippen molar-refractivity contribution in [1.29, 1.82) is 0 Å². The Balaban J connectivity index is 1.62. The molecule has 1 amide bonds. The average Bonchev–Trinajstić information content (AvgIpc) is 3.00. The Morgan fingerprint density at radius 2 is 2.29 bits per heavy atom. The number of aryl methyl sites for hydroxylation is 3. The van der Waals surface area contributed by atoms with Gasteiger partial charge in [-0.05, 0) is 43.9 Å². The van der Waals surface area contributed by atoms with Crippen LogP contribution in [0.5, 0.6) is 5.75 Å².